The van der Waals surface area contributed by atoms with E-state index >= 15 is 0 Å². The molecule has 0 bridgehead atoms. The maximum absolute atomic E-state index is 12.3. The first-order valence-electron chi connectivity index (χ1n) is 8.08. The van der Waals surface area contributed by atoms with Crippen LogP contribution in [0.1, 0.15) is 23.0 Å². The van der Waals surface area contributed by atoms with E-state index in [9.17, 15) is 9.59 Å². The van der Waals surface area contributed by atoms with E-state index in [2.05, 4.69) is 10.3 Å². The van der Waals surface area contributed by atoms with Gasteiger partial charge in [-0.25, -0.2) is 9.78 Å². The van der Waals surface area contributed by atoms with Gasteiger partial charge in [0.1, 0.15) is 5.69 Å². The van der Waals surface area contributed by atoms with Crippen molar-refractivity contribution in [3.05, 3.63) is 70.9 Å². The van der Waals surface area contributed by atoms with Gasteiger partial charge in [0.05, 0.1) is 5.52 Å². The molecule has 1 atom stereocenters. The highest BCUT2D eigenvalue weighted by Crippen LogP contribution is 2.20. The van der Waals surface area contributed by atoms with Crippen LogP contribution in [-0.2, 0) is 9.53 Å². The first-order valence-corrected chi connectivity index (χ1v) is 8.45. The molecule has 132 valence electrons. The lowest BCUT2D eigenvalue weighted by Crippen LogP contribution is -2.30. The quantitative estimate of drug-likeness (QED) is 0.694. The van der Waals surface area contributed by atoms with Gasteiger partial charge < -0.3 is 10.1 Å². The van der Waals surface area contributed by atoms with E-state index in [0.29, 0.717) is 16.2 Å². The zero-order chi connectivity index (χ0) is 18.7. The van der Waals surface area contributed by atoms with E-state index in [1.54, 1.807) is 30.3 Å². The Morgan fingerprint density at radius 3 is 2.69 bits per heavy atom. The van der Waals surface area contributed by atoms with Gasteiger partial charge in [-0.05, 0) is 43.7 Å². The normalized spacial score (nSPS) is 11.8. The number of hydrogen-bond acceptors (Lipinski definition) is 4. The fourth-order valence-electron chi connectivity index (χ4n) is 2.42. The molecule has 26 heavy (non-hydrogen) atoms. The molecule has 2 aromatic carbocycles. The minimum Gasteiger partial charge on any atom is -0.448 e. The van der Waals surface area contributed by atoms with Crippen molar-refractivity contribution < 1.29 is 14.3 Å². The molecule has 1 amide bonds. The summed E-state index contributed by atoms with van der Waals surface area (Å²) in [5.41, 5.74) is 2.28. The van der Waals surface area contributed by atoms with Gasteiger partial charge in [0.25, 0.3) is 5.91 Å². The molecule has 1 heterocycles. The summed E-state index contributed by atoms with van der Waals surface area (Å²) in [5, 5.41) is 4.15. The predicted octanol–water partition coefficient (Wildman–Crippen LogP) is 4.38. The Bertz CT molecular complexity index is 988. The SMILES string of the molecule is Cc1ccc(Cl)cc1NC(=O)C(C)OC(=O)c1ccc2ccccc2n1. The number of nitrogens with one attached hydrogen (secondary N) is 1. The third kappa shape index (κ3) is 4.00. The molecule has 0 radical (unpaired) electrons. The summed E-state index contributed by atoms with van der Waals surface area (Å²) in [5.74, 6) is -1.09. The second-order valence-electron chi connectivity index (χ2n) is 5.89. The van der Waals surface area contributed by atoms with Crippen LogP contribution in [0.4, 0.5) is 5.69 Å². The largest absolute Gasteiger partial charge is 0.448 e. The van der Waals surface area contributed by atoms with Gasteiger partial charge in [-0.3, -0.25) is 4.79 Å². The van der Waals surface area contributed by atoms with Crippen molar-refractivity contribution in [3.8, 4) is 0 Å². The fourth-order valence-corrected chi connectivity index (χ4v) is 2.59. The highest BCUT2D eigenvalue weighted by Gasteiger charge is 2.20. The number of hydrogen-bond donors (Lipinski definition) is 1. The smallest absolute Gasteiger partial charge is 0.357 e. The number of carbonyl (C=O) groups excluding carboxylic acids is 2. The van der Waals surface area contributed by atoms with E-state index in [-0.39, 0.29) is 5.69 Å². The first kappa shape index (κ1) is 17.9. The fraction of sp³-hybridized carbons (Fsp3) is 0.150. The third-order valence-corrected chi connectivity index (χ3v) is 4.15. The molecule has 1 N–H and O–H groups in total. The summed E-state index contributed by atoms with van der Waals surface area (Å²) in [6, 6.07) is 16.0. The summed E-state index contributed by atoms with van der Waals surface area (Å²) in [7, 11) is 0. The summed E-state index contributed by atoms with van der Waals surface area (Å²) < 4.78 is 5.24. The number of para-hydroxylation sites is 1. The molecule has 6 heteroatoms. The summed E-state index contributed by atoms with van der Waals surface area (Å²) in [4.78, 5) is 28.9. The Morgan fingerprint density at radius 1 is 1.12 bits per heavy atom. The Hall–Kier alpha value is -2.92. The summed E-state index contributed by atoms with van der Waals surface area (Å²) in [6.45, 7) is 3.36. The van der Waals surface area contributed by atoms with Crippen LogP contribution in [0.15, 0.2) is 54.6 Å². The molecule has 5 nitrogen and oxygen atoms in total. The number of anilines is 1. The van der Waals surface area contributed by atoms with Crippen molar-refractivity contribution in [1.29, 1.82) is 0 Å². The first-order chi connectivity index (χ1) is 12.4. The lowest BCUT2D eigenvalue weighted by Gasteiger charge is -2.15. The Balaban J connectivity index is 1.69. The van der Waals surface area contributed by atoms with Gasteiger partial charge >= 0.3 is 5.97 Å². The molecule has 0 saturated heterocycles. The topological polar surface area (TPSA) is 68.3 Å². The summed E-state index contributed by atoms with van der Waals surface area (Å²) >= 11 is 5.95. The maximum atomic E-state index is 12.3. The highest BCUT2D eigenvalue weighted by atomic mass is 35.5. The van der Waals surface area contributed by atoms with Crippen molar-refractivity contribution in [2.75, 3.05) is 5.32 Å². The molecule has 0 aliphatic rings. The van der Waals surface area contributed by atoms with Crippen LogP contribution >= 0.6 is 11.6 Å². The molecule has 1 unspecified atom stereocenters. The highest BCUT2D eigenvalue weighted by molar-refractivity contribution is 6.31. The number of carbonyl (C=O) groups is 2. The lowest BCUT2D eigenvalue weighted by atomic mass is 10.2. The number of aryl methyl sites for hydroxylation is 1. The van der Waals surface area contributed by atoms with Crippen LogP contribution in [0.25, 0.3) is 10.9 Å². The molecule has 0 aliphatic carbocycles. The number of fused-ring (bicyclic) bond motifs is 1. The van der Waals surface area contributed by atoms with Gasteiger partial charge in [0.15, 0.2) is 6.10 Å². The number of rotatable bonds is 4. The second kappa shape index (κ2) is 7.54. The lowest BCUT2D eigenvalue weighted by molar-refractivity contribution is -0.123. The minimum absolute atomic E-state index is 0.155. The van der Waals surface area contributed by atoms with Crippen molar-refractivity contribution in [3.63, 3.8) is 0 Å². The average Bonchev–Trinajstić information content (AvgIpc) is 2.64. The number of aromatic nitrogens is 1. The van der Waals surface area contributed by atoms with Crippen LogP contribution in [0.5, 0.6) is 0 Å². The van der Waals surface area contributed by atoms with E-state index < -0.39 is 18.0 Å². The van der Waals surface area contributed by atoms with E-state index in [1.807, 2.05) is 31.2 Å². The van der Waals surface area contributed by atoms with Crippen molar-refractivity contribution in [2.45, 2.75) is 20.0 Å². The number of pyridine rings is 1. The Kier molecular flexibility index (Phi) is 5.19. The molecular weight excluding hydrogens is 352 g/mol. The molecule has 0 aliphatic heterocycles. The maximum Gasteiger partial charge on any atom is 0.357 e. The standard InChI is InChI=1S/C20H17ClN2O3/c1-12-7-9-15(21)11-18(12)23-19(24)13(2)26-20(25)17-10-8-14-5-3-4-6-16(14)22-17/h3-11,13H,1-2H3,(H,23,24). The van der Waals surface area contributed by atoms with Gasteiger partial charge in [0, 0.05) is 16.1 Å². The molecular formula is C20H17ClN2O3. The van der Waals surface area contributed by atoms with Gasteiger partial charge in [-0.15, -0.1) is 0 Å². The monoisotopic (exact) mass is 368 g/mol. The van der Waals surface area contributed by atoms with Crippen LogP contribution in [-0.4, -0.2) is 23.0 Å². The molecule has 3 aromatic rings. The van der Waals surface area contributed by atoms with Gasteiger partial charge in [0.2, 0.25) is 0 Å². The number of benzene rings is 2. The predicted molar refractivity (Wildman–Crippen MR) is 101 cm³/mol. The van der Waals surface area contributed by atoms with Crippen LogP contribution in [0.3, 0.4) is 0 Å². The van der Waals surface area contributed by atoms with Crippen LogP contribution in [0, 0.1) is 6.92 Å². The van der Waals surface area contributed by atoms with Crippen molar-refractivity contribution >= 4 is 40.1 Å². The number of halogens is 1. The third-order valence-electron chi connectivity index (χ3n) is 3.92. The van der Waals surface area contributed by atoms with E-state index in [4.69, 9.17) is 16.3 Å². The van der Waals surface area contributed by atoms with E-state index in [1.165, 1.54) is 6.92 Å². The molecule has 3 rings (SSSR count). The second-order valence-corrected chi connectivity index (χ2v) is 6.32. The molecule has 0 fully saturated rings. The van der Waals surface area contributed by atoms with Crippen LogP contribution < -0.4 is 5.32 Å². The molecule has 0 spiro atoms. The number of nitrogens with zero attached hydrogens (tertiary/aromatic N) is 1. The van der Waals surface area contributed by atoms with Crippen molar-refractivity contribution in [1.82, 2.24) is 4.98 Å². The van der Waals surface area contributed by atoms with Crippen molar-refractivity contribution in [2.24, 2.45) is 0 Å². The van der Waals surface area contributed by atoms with Gasteiger partial charge in [-0.1, -0.05) is 41.9 Å². The van der Waals surface area contributed by atoms with E-state index in [0.717, 1.165) is 10.9 Å². The van der Waals surface area contributed by atoms with Crippen LogP contribution in [0.2, 0.25) is 5.02 Å². The molecule has 0 saturated carbocycles. The number of amides is 1. The summed E-state index contributed by atoms with van der Waals surface area (Å²) in [6.07, 6.45) is -0.978. The molecule has 1 aromatic heterocycles. The zero-order valence-corrected chi connectivity index (χ0v) is 15.1. The minimum atomic E-state index is -0.978. The number of ether oxygens (including phenoxy) is 1. The number of esters is 1. The Labute approximate surface area is 156 Å². The van der Waals surface area contributed by atoms with Gasteiger partial charge in [-0.2, -0.15) is 0 Å². The average molecular weight is 369 g/mol. The zero-order valence-electron chi connectivity index (χ0n) is 14.3. The Morgan fingerprint density at radius 2 is 1.88 bits per heavy atom.